The number of aromatic amines is 2. The summed E-state index contributed by atoms with van der Waals surface area (Å²) in [4.78, 5) is 31.5. The second-order valence-corrected chi connectivity index (χ2v) is 5.53. The van der Waals surface area contributed by atoms with Crippen molar-refractivity contribution >= 4 is 21.9 Å². The van der Waals surface area contributed by atoms with Crippen molar-refractivity contribution in [3.05, 3.63) is 63.3 Å². The first kappa shape index (κ1) is 15.1. The van der Waals surface area contributed by atoms with Gasteiger partial charge in [-0.1, -0.05) is 12.1 Å². The van der Waals surface area contributed by atoms with Crippen molar-refractivity contribution in [1.29, 1.82) is 0 Å². The molecule has 0 aliphatic heterocycles. The Morgan fingerprint density at radius 2 is 1.72 bits per heavy atom. The van der Waals surface area contributed by atoms with Crippen LogP contribution in [0.5, 0.6) is 11.5 Å². The lowest BCUT2D eigenvalue weighted by Crippen LogP contribution is -2.33. The Morgan fingerprint density at radius 1 is 0.920 bits per heavy atom. The van der Waals surface area contributed by atoms with Gasteiger partial charge in [0.2, 0.25) is 0 Å². The summed E-state index contributed by atoms with van der Waals surface area (Å²) >= 11 is 0. The molecule has 0 aliphatic rings. The third kappa shape index (κ3) is 2.20. The third-order valence-electron chi connectivity index (χ3n) is 4.18. The van der Waals surface area contributed by atoms with Gasteiger partial charge in [0.05, 0.1) is 25.4 Å². The number of nitrogens with zero attached hydrogens (tertiary/aromatic N) is 1. The number of para-hydroxylation sites is 2. The van der Waals surface area contributed by atoms with Crippen molar-refractivity contribution in [3.63, 3.8) is 0 Å². The maximum Gasteiger partial charge on any atom is 0.333 e. The molecule has 0 saturated heterocycles. The zero-order chi connectivity index (χ0) is 17.6. The number of hydrogen-bond donors (Lipinski definition) is 2. The van der Waals surface area contributed by atoms with Gasteiger partial charge in [0, 0.05) is 10.9 Å². The maximum atomic E-state index is 13.0. The van der Waals surface area contributed by atoms with Crippen LogP contribution in [0.15, 0.2) is 52.1 Å². The molecule has 2 aromatic heterocycles. The standard InChI is InChI=1S/C18H15N3O4/c1-24-10-7-8-12-11(9-10)15-16(19-12)17(22)21(18(23)20-15)13-5-3-4-6-14(13)25-2/h3-9,19H,1-2H3,(H,20,23). The van der Waals surface area contributed by atoms with Crippen molar-refractivity contribution in [1.82, 2.24) is 14.5 Å². The van der Waals surface area contributed by atoms with E-state index in [4.69, 9.17) is 9.47 Å². The zero-order valence-electron chi connectivity index (χ0n) is 13.6. The van der Waals surface area contributed by atoms with E-state index in [2.05, 4.69) is 9.97 Å². The van der Waals surface area contributed by atoms with Gasteiger partial charge in [-0.2, -0.15) is 0 Å². The Bertz CT molecular complexity index is 1220. The first-order chi connectivity index (χ1) is 12.1. The fourth-order valence-electron chi connectivity index (χ4n) is 2.99. The van der Waals surface area contributed by atoms with Gasteiger partial charge in [0.15, 0.2) is 0 Å². The Hall–Kier alpha value is -3.48. The van der Waals surface area contributed by atoms with Crippen LogP contribution < -0.4 is 20.7 Å². The van der Waals surface area contributed by atoms with E-state index < -0.39 is 11.2 Å². The fourth-order valence-corrected chi connectivity index (χ4v) is 2.99. The predicted molar refractivity (Wildman–Crippen MR) is 95.1 cm³/mol. The van der Waals surface area contributed by atoms with E-state index in [0.717, 1.165) is 15.5 Å². The number of benzene rings is 2. The highest BCUT2D eigenvalue weighted by molar-refractivity contribution is 6.05. The minimum Gasteiger partial charge on any atom is -0.497 e. The topological polar surface area (TPSA) is 89.1 Å². The molecule has 0 amide bonds. The minimum absolute atomic E-state index is 0.314. The van der Waals surface area contributed by atoms with Crippen LogP contribution in [0.2, 0.25) is 0 Å². The first-order valence-electron chi connectivity index (χ1n) is 7.62. The van der Waals surface area contributed by atoms with Gasteiger partial charge in [-0.25, -0.2) is 9.36 Å². The molecule has 0 fully saturated rings. The molecular formula is C18H15N3O4. The van der Waals surface area contributed by atoms with Gasteiger partial charge in [0.1, 0.15) is 17.0 Å². The van der Waals surface area contributed by atoms with Gasteiger partial charge in [-0.15, -0.1) is 0 Å². The summed E-state index contributed by atoms with van der Waals surface area (Å²) in [5.74, 6) is 1.08. The Kier molecular flexibility index (Phi) is 3.35. The molecule has 0 bridgehead atoms. The molecule has 2 N–H and O–H groups in total. The second kappa shape index (κ2) is 5.55. The molecule has 2 aromatic carbocycles. The summed E-state index contributed by atoms with van der Waals surface area (Å²) in [6.45, 7) is 0. The van der Waals surface area contributed by atoms with Gasteiger partial charge in [0.25, 0.3) is 5.56 Å². The number of hydrogen-bond acceptors (Lipinski definition) is 4. The van der Waals surface area contributed by atoms with Crippen molar-refractivity contribution in [2.24, 2.45) is 0 Å². The van der Waals surface area contributed by atoms with Crippen LogP contribution >= 0.6 is 0 Å². The molecule has 0 aliphatic carbocycles. The Balaban J connectivity index is 2.10. The van der Waals surface area contributed by atoms with Crippen LogP contribution in [0.4, 0.5) is 0 Å². The van der Waals surface area contributed by atoms with Crippen LogP contribution in [-0.2, 0) is 0 Å². The van der Waals surface area contributed by atoms with Crippen molar-refractivity contribution in [2.45, 2.75) is 0 Å². The quantitative estimate of drug-likeness (QED) is 0.600. The van der Waals surface area contributed by atoms with Gasteiger partial charge >= 0.3 is 5.69 Å². The monoisotopic (exact) mass is 337 g/mol. The minimum atomic E-state index is -0.536. The molecule has 7 nitrogen and oxygen atoms in total. The van der Waals surface area contributed by atoms with Crippen LogP contribution in [0.25, 0.3) is 27.6 Å². The number of fused-ring (bicyclic) bond motifs is 3. The average molecular weight is 337 g/mol. The fraction of sp³-hybridized carbons (Fsp3) is 0.111. The normalized spacial score (nSPS) is 11.1. The molecule has 7 heteroatoms. The summed E-state index contributed by atoms with van der Waals surface area (Å²) in [6, 6.07) is 12.2. The van der Waals surface area contributed by atoms with Gasteiger partial charge in [-0.05, 0) is 30.3 Å². The molecule has 25 heavy (non-hydrogen) atoms. The number of rotatable bonds is 3. The number of methoxy groups -OCH3 is 2. The summed E-state index contributed by atoms with van der Waals surface area (Å²) in [5, 5.41) is 0.718. The first-order valence-corrected chi connectivity index (χ1v) is 7.62. The van der Waals surface area contributed by atoms with Crippen molar-refractivity contribution in [3.8, 4) is 17.2 Å². The van der Waals surface area contributed by atoms with Gasteiger partial charge < -0.3 is 19.4 Å². The number of aromatic nitrogens is 3. The zero-order valence-corrected chi connectivity index (χ0v) is 13.6. The van der Waals surface area contributed by atoms with E-state index in [9.17, 15) is 9.59 Å². The third-order valence-corrected chi connectivity index (χ3v) is 4.18. The highest BCUT2D eigenvalue weighted by atomic mass is 16.5. The van der Waals surface area contributed by atoms with E-state index in [1.165, 1.54) is 7.11 Å². The van der Waals surface area contributed by atoms with Crippen LogP contribution in [-0.4, -0.2) is 28.8 Å². The highest BCUT2D eigenvalue weighted by Crippen LogP contribution is 2.26. The molecule has 0 saturated carbocycles. The molecular weight excluding hydrogens is 322 g/mol. The van der Waals surface area contributed by atoms with E-state index in [0.29, 0.717) is 28.2 Å². The number of H-pyrrole nitrogens is 2. The van der Waals surface area contributed by atoms with E-state index in [1.807, 2.05) is 0 Å². The Morgan fingerprint density at radius 3 is 2.48 bits per heavy atom. The predicted octanol–water partition coefficient (Wildman–Crippen LogP) is 2.18. The second-order valence-electron chi connectivity index (χ2n) is 5.53. The summed E-state index contributed by atoms with van der Waals surface area (Å²) < 4.78 is 11.6. The summed E-state index contributed by atoms with van der Waals surface area (Å²) in [7, 11) is 3.05. The number of ether oxygens (including phenoxy) is 2. The Labute approximate surface area is 141 Å². The average Bonchev–Trinajstić information content (AvgIpc) is 3.00. The van der Waals surface area contributed by atoms with Crippen LogP contribution in [0, 0.1) is 0 Å². The lowest BCUT2D eigenvalue weighted by molar-refractivity contribution is 0.412. The van der Waals surface area contributed by atoms with E-state index >= 15 is 0 Å². The smallest absolute Gasteiger partial charge is 0.333 e. The highest BCUT2D eigenvalue weighted by Gasteiger charge is 2.16. The lowest BCUT2D eigenvalue weighted by Gasteiger charge is -2.09. The van der Waals surface area contributed by atoms with Gasteiger partial charge in [-0.3, -0.25) is 4.79 Å². The molecule has 126 valence electrons. The van der Waals surface area contributed by atoms with Crippen LogP contribution in [0.3, 0.4) is 0 Å². The molecule has 0 atom stereocenters. The van der Waals surface area contributed by atoms with Crippen molar-refractivity contribution in [2.75, 3.05) is 14.2 Å². The SMILES string of the molecule is COc1ccc2[nH]c3c(=O)n(-c4ccccc4OC)c(=O)[nH]c3c2c1. The summed E-state index contributed by atoms with van der Waals surface area (Å²) in [6.07, 6.45) is 0. The largest absolute Gasteiger partial charge is 0.497 e. The van der Waals surface area contributed by atoms with Crippen LogP contribution in [0.1, 0.15) is 0 Å². The molecule has 2 heterocycles. The maximum absolute atomic E-state index is 13.0. The molecule has 0 radical (unpaired) electrons. The number of nitrogens with one attached hydrogen (secondary N) is 2. The van der Waals surface area contributed by atoms with Crippen molar-refractivity contribution < 1.29 is 9.47 Å². The molecule has 0 spiro atoms. The van der Waals surface area contributed by atoms with E-state index in [1.54, 1.807) is 49.6 Å². The lowest BCUT2D eigenvalue weighted by atomic mass is 10.2. The van der Waals surface area contributed by atoms with E-state index in [-0.39, 0.29) is 0 Å². The molecule has 0 unspecified atom stereocenters. The molecule has 4 rings (SSSR count). The summed E-state index contributed by atoms with van der Waals surface area (Å²) in [5.41, 5.74) is 0.906. The molecule has 4 aromatic rings.